The Morgan fingerprint density at radius 1 is 0.705 bits per heavy atom. The fourth-order valence-electron chi connectivity index (χ4n) is 5.35. The third-order valence-corrected chi connectivity index (χ3v) is 9.60. The van der Waals surface area contributed by atoms with E-state index in [0.717, 1.165) is 30.7 Å². The van der Waals surface area contributed by atoms with Crippen LogP contribution >= 0.6 is 0 Å². The van der Waals surface area contributed by atoms with Crippen LogP contribution in [0, 0.1) is 23.7 Å². The Morgan fingerprint density at radius 2 is 1.30 bits per heavy atom. The third-order valence-electron chi connectivity index (χ3n) is 8.24. The monoisotopic (exact) mass is 632 g/mol. The second-order valence-electron chi connectivity index (χ2n) is 13.2. The highest BCUT2D eigenvalue weighted by Crippen LogP contribution is 2.22. The summed E-state index contributed by atoms with van der Waals surface area (Å²) in [7, 11) is -1.10. The van der Waals surface area contributed by atoms with Crippen LogP contribution < -0.4 is 9.30 Å². The Labute approximate surface area is 271 Å². The molecule has 0 N–H and O–H groups in total. The lowest BCUT2D eigenvalue weighted by Crippen LogP contribution is -2.35. The topological polar surface area (TPSA) is 74.4 Å². The maximum Gasteiger partial charge on any atom is 0.316 e. The van der Waals surface area contributed by atoms with E-state index in [1.165, 1.54) is 57.8 Å². The zero-order valence-electron chi connectivity index (χ0n) is 28.4. The molecule has 2 aromatic rings. The molecule has 0 bridgehead atoms. The molecule has 0 aliphatic rings. The van der Waals surface area contributed by atoms with E-state index >= 15 is 0 Å². The van der Waals surface area contributed by atoms with Crippen LogP contribution in [-0.2, 0) is 26.8 Å². The average molecular weight is 633 g/mol. The molecule has 2 aromatic heterocycles. The molecule has 0 aliphatic carbocycles. The zero-order chi connectivity index (χ0) is 31.8. The number of hydrogen-bond donors (Lipinski definition) is 0. The van der Waals surface area contributed by atoms with Crippen molar-refractivity contribution in [3.05, 3.63) is 49.1 Å². The van der Waals surface area contributed by atoms with Gasteiger partial charge in [0.15, 0.2) is 18.9 Å². The molecule has 8 heteroatoms. The van der Waals surface area contributed by atoms with Crippen LogP contribution in [0.25, 0.3) is 0 Å². The molecule has 2 heterocycles. The molecule has 0 fully saturated rings. The van der Waals surface area contributed by atoms with Crippen molar-refractivity contribution >= 4 is 10.8 Å². The first-order chi connectivity index (χ1) is 21.3. The minimum absolute atomic E-state index is 0.289. The lowest BCUT2D eigenvalue weighted by molar-refractivity contribution is -0.698. The fourth-order valence-corrected chi connectivity index (χ4v) is 6.40. The van der Waals surface area contributed by atoms with Gasteiger partial charge in [0.1, 0.15) is 12.7 Å². The maximum atomic E-state index is 12.8. The highest BCUT2D eigenvalue weighted by molar-refractivity contribution is 7.85. The zero-order valence-corrected chi connectivity index (χ0v) is 29.2. The van der Waals surface area contributed by atoms with Crippen molar-refractivity contribution < 1.29 is 23.0 Å². The summed E-state index contributed by atoms with van der Waals surface area (Å²) >= 11 is 0. The molecular formula is C36H62N3O4S+. The van der Waals surface area contributed by atoms with E-state index in [-0.39, 0.29) is 12.1 Å². The first kappa shape index (κ1) is 38.3. The van der Waals surface area contributed by atoms with Gasteiger partial charge < -0.3 is 14.2 Å². The first-order valence-corrected chi connectivity index (χ1v) is 18.7. The molecule has 5 unspecified atom stereocenters. The van der Waals surface area contributed by atoms with Gasteiger partial charge in [0.05, 0.1) is 19.0 Å². The average Bonchev–Trinajstić information content (AvgIpc) is 3.00. The van der Waals surface area contributed by atoms with Gasteiger partial charge in [-0.3, -0.25) is 4.21 Å². The van der Waals surface area contributed by atoms with Crippen LogP contribution in [0.2, 0.25) is 0 Å². The van der Waals surface area contributed by atoms with E-state index in [2.05, 4.69) is 49.2 Å². The number of pyridine rings is 1. The lowest BCUT2D eigenvalue weighted by Gasteiger charge is -2.19. The molecule has 0 aliphatic heterocycles. The molecule has 0 amide bonds. The number of nitrogens with zero attached hydrogens (tertiary/aromatic N) is 3. The number of hydrogen-bond acceptors (Lipinski definition) is 6. The van der Waals surface area contributed by atoms with Gasteiger partial charge in [0.25, 0.3) is 0 Å². The number of ether oxygens (including phenoxy) is 3. The third kappa shape index (κ3) is 20.2. The number of aromatic nitrogens is 3. The molecule has 5 atom stereocenters. The minimum atomic E-state index is -1.10. The summed E-state index contributed by atoms with van der Waals surface area (Å²) in [6.07, 6.45) is 20.1. The highest BCUT2D eigenvalue weighted by Gasteiger charge is 2.17. The van der Waals surface area contributed by atoms with E-state index in [1.807, 2.05) is 30.6 Å². The van der Waals surface area contributed by atoms with Gasteiger partial charge in [-0.25, -0.2) is 14.5 Å². The van der Waals surface area contributed by atoms with Crippen molar-refractivity contribution in [1.29, 1.82) is 0 Å². The van der Waals surface area contributed by atoms with Crippen molar-refractivity contribution in [3.8, 4) is 6.01 Å². The summed E-state index contributed by atoms with van der Waals surface area (Å²) in [6, 6.07) is 8.02. The summed E-state index contributed by atoms with van der Waals surface area (Å²) in [5.41, 5.74) is 0. The van der Waals surface area contributed by atoms with E-state index in [0.29, 0.717) is 43.9 Å². The number of rotatable bonds is 27. The van der Waals surface area contributed by atoms with Crippen molar-refractivity contribution in [2.75, 3.05) is 37.9 Å². The Hall–Kier alpha value is -1.90. The minimum Gasteiger partial charge on any atom is -0.457 e. The maximum absolute atomic E-state index is 12.8. The predicted octanol–water partition coefficient (Wildman–Crippen LogP) is 7.46. The van der Waals surface area contributed by atoms with Gasteiger partial charge in [-0.1, -0.05) is 98.5 Å². The van der Waals surface area contributed by atoms with Crippen LogP contribution in [0.1, 0.15) is 98.8 Å². The van der Waals surface area contributed by atoms with Crippen molar-refractivity contribution in [1.82, 2.24) is 9.97 Å². The van der Waals surface area contributed by atoms with Gasteiger partial charge in [-0.15, -0.1) is 0 Å². The normalized spacial score (nSPS) is 15.1. The summed E-state index contributed by atoms with van der Waals surface area (Å²) in [4.78, 5) is 8.35. The van der Waals surface area contributed by atoms with Gasteiger partial charge >= 0.3 is 6.01 Å². The smallest absolute Gasteiger partial charge is 0.316 e. The Balaban J connectivity index is 1.58. The van der Waals surface area contributed by atoms with Gasteiger partial charge in [-0.05, 0) is 36.2 Å². The highest BCUT2D eigenvalue weighted by atomic mass is 32.2. The molecule has 0 aromatic carbocycles. The predicted molar refractivity (Wildman–Crippen MR) is 181 cm³/mol. The lowest BCUT2D eigenvalue weighted by atomic mass is 9.91. The molecule has 250 valence electrons. The van der Waals surface area contributed by atoms with Gasteiger partial charge in [0.2, 0.25) is 0 Å². The summed E-state index contributed by atoms with van der Waals surface area (Å²) in [5, 5.41) is 0. The quantitative estimate of drug-likeness (QED) is 0.0752. The van der Waals surface area contributed by atoms with Crippen LogP contribution in [0.4, 0.5) is 0 Å². The standard InChI is InChI=1S/C36H62N3O4S/c1-31(2)13-9-14-32(3)15-10-16-33(4)17-11-18-34(5)19-25-42-29-35(43-36-37-20-12-21-38-36)30-44(40)28-27-41-26-24-39-22-7-6-8-23-39/h6-8,12,20-23,31-35H,9-11,13-19,24-30H2,1-5H3/q+1. The summed E-state index contributed by atoms with van der Waals surface area (Å²) in [5.74, 6) is 3.96. The van der Waals surface area contributed by atoms with Crippen LogP contribution in [0.3, 0.4) is 0 Å². The summed E-state index contributed by atoms with van der Waals surface area (Å²) < 4.78 is 32.6. The first-order valence-electron chi connectivity index (χ1n) is 17.2. The molecule has 0 spiro atoms. The van der Waals surface area contributed by atoms with E-state index in [9.17, 15) is 4.21 Å². The second-order valence-corrected chi connectivity index (χ2v) is 14.8. The molecular weight excluding hydrogens is 570 g/mol. The molecule has 0 radical (unpaired) electrons. The molecule has 0 saturated heterocycles. The molecule has 2 rings (SSSR count). The van der Waals surface area contributed by atoms with Crippen LogP contribution in [-0.4, -0.2) is 58.2 Å². The Kier molecular flexibility index (Phi) is 21.2. The Morgan fingerprint density at radius 3 is 1.91 bits per heavy atom. The second kappa shape index (κ2) is 24.3. The van der Waals surface area contributed by atoms with E-state index < -0.39 is 10.8 Å². The van der Waals surface area contributed by atoms with Crippen molar-refractivity contribution in [2.45, 2.75) is 111 Å². The largest absolute Gasteiger partial charge is 0.457 e. The van der Waals surface area contributed by atoms with E-state index in [4.69, 9.17) is 14.2 Å². The van der Waals surface area contributed by atoms with Crippen molar-refractivity contribution in [2.24, 2.45) is 23.7 Å². The van der Waals surface area contributed by atoms with Gasteiger partial charge in [-0.2, -0.15) is 0 Å². The summed E-state index contributed by atoms with van der Waals surface area (Å²) in [6.45, 7) is 14.7. The fraction of sp³-hybridized carbons (Fsp3) is 0.750. The van der Waals surface area contributed by atoms with E-state index in [1.54, 1.807) is 18.5 Å². The van der Waals surface area contributed by atoms with Crippen LogP contribution in [0.15, 0.2) is 49.1 Å². The Bertz CT molecular complexity index is 966. The molecule has 0 saturated carbocycles. The molecule has 44 heavy (non-hydrogen) atoms. The van der Waals surface area contributed by atoms with Crippen LogP contribution in [0.5, 0.6) is 6.01 Å². The van der Waals surface area contributed by atoms with Crippen molar-refractivity contribution in [3.63, 3.8) is 0 Å². The van der Waals surface area contributed by atoms with Gasteiger partial charge in [0, 0.05) is 47.7 Å². The molecule has 7 nitrogen and oxygen atoms in total. The SMILES string of the molecule is CC(C)CCCC(C)CCCC(C)CCCC(C)CCOCC(CS(=O)CCOCC[n+]1ccccc1)Oc1ncccn1.